The number of nitrogens with one attached hydrogen (secondary N) is 1. The first-order valence-electron chi connectivity index (χ1n) is 12.9. The number of likely N-dealkylation sites (N-methyl/N-ethyl adjacent to an activating group) is 1. The largest absolute Gasteiger partial charge is 0.465 e. The average molecular weight is 530 g/mol. The highest BCUT2D eigenvalue weighted by molar-refractivity contribution is 5.85. The van der Waals surface area contributed by atoms with E-state index in [4.69, 9.17) is 0 Å². The molecule has 1 heterocycles. The van der Waals surface area contributed by atoms with E-state index in [-0.39, 0.29) is 29.2 Å². The number of likely N-dealkylation sites (tertiary alicyclic amines) is 1. The van der Waals surface area contributed by atoms with Gasteiger partial charge in [-0.15, -0.1) is 0 Å². The Bertz CT molecular complexity index is 979. The first kappa shape index (κ1) is 29.2. The van der Waals surface area contributed by atoms with Crippen LogP contribution < -0.4 is 5.32 Å². The molecule has 2 N–H and O–H groups in total. The number of alkyl halides is 3. The van der Waals surface area contributed by atoms with Crippen LogP contribution >= 0.6 is 0 Å². The minimum Gasteiger partial charge on any atom is -0.465 e. The van der Waals surface area contributed by atoms with Crippen molar-refractivity contribution in [2.45, 2.75) is 78.2 Å². The van der Waals surface area contributed by atoms with Gasteiger partial charge in [0.15, 0.2) is 0 Å². The maximum atomic E-state index is 14.0. The van der Waals surface area contributed by atoms with Crippen LogP contribution in [0.25, 0.3) is 0 Å². The van der Waals surface area contributed by atoms with Crippen LogP contribution in [0, 0.1) is 29.0 Å². The maximum Gasteiger partial charge on any atom is 0.419 e. The predicted octanol–water partition coefficient (Wildman–Crippen LogP) is 5.61. The summed E-state index contributed by atoms with van der Waals surface area (Å²) in [7, 11) is 1.42. The lowest BCUT2D eigenvalue weighted by Crippen LogP contribution is -2.52. The molecule has 37 heavy (non-hydrogen) atoms. The van der Waals surface area contributed by atoms with Gasteiger partial charge in [-0.25, -0.2) is 9.18 Å². The molecule has 6 nitrogen and oxygen atoms in total. The van der Waals surface area contributed by atoms with E-state index in [0.29, 0.717) is 31.0 Å². The molecule has 1 unspecified atom stereocenters. The summed E-state index contributed by atoms with van der Waals surface area (Å²) in [6, 6.07) is 2.15. The second-order valence-electron chi connectivity index (χ2n) is 12.1. The monoisotopic (exact) mass is 529 g/mol. The molecule has 1 aromatic carbocycles. The fourth-order valence-electron chi connectivity index (χ4n) is 6.17. The van der Waals surface area contributed by atoms with Gasteiger partial charge in [0.1, 0.15) is 11.9 Å². The summed E-state index contributed by atoms with van der Waals surface area (Å²) in [5, 5.41) is 12.7. The number of halogens is 4. The second-order valence-corrected chi connectivity index (χ2v) is 12.1. The number of carbonyl (C=O) groups excluding carboxylic acids is 1. The minimum atomic E-state index is -4.73. The molecule has 1 aromatic rings. The SMILES string of the molecule is CC(C[C@@H](C(=O)N[C@@H]1CC[C@H]2CN(Cc3ccc(C(F)(F)F)c(F)c3)C[C@H]21)N(C)C(=O)O)CC(C)(C)C. The summed E-state index contributed by atoms with van der Waals surface area (Å²) >= 11 is 0. The molecule has 1 aliphatic heterocycles. The minimum absolute atomic E-state index is 0.0597. The third-order valence-corrected chi connectivity index (χ3v) is 7.66. The molecule has 208 valence electrons. The summed E-state index contributed by atoms with van der Waals surface area (Å²) in [6.45, 7) is 10.1. The molecule has 1 aliphatic carbocycles. The van der Waals surface area contributed by atoms with E-state index in [1.54, 1.807) is 0 Å². The lowest BCUT2D eigenvalue weighted by Gasteiger charge is -2.31. The molecule has 0 spiro atoms. The highest BCUT2D eigenvalue weighted by Gasteiger charge is 2.44. The van der Waals surface area contributed by atoms with Crippen molar-refractivity contribution < 1.29 is 32.3 Å². The zero-order valence-corrected chi connectivity index (χ0v) is 22.2. The first-order valence-corrected chi connectivity index (χ1v) is 12.9. The van der Waals surface area contributed by atoms with Gasteiger partial charge < -0.3 is 10.4 Å². The molecule has 2 aliphatic rings. The van der Waals surface area contributed by atoms with Crippen molar-refractivity contribution in [1.29, 1.82) is 0 Å². The Morgan fingerprint density at radius 1 is 1.19 bits per heavy atom. The van der Waals surface area contributed by atoms with Gasteiger partial charge in [0.2, 0.25) is 5.91 Å². The van der Waals surface area contributed by atoms with Gasteiger partial charge in [0.25, 0.3) is 0 Å². The van der Waals surface area contributed by atoms with Crippen LogP contribution in [0.4, 0.5) is 22.4 Å². The quantitative estimate of drug-likeness (QED) is 0.430. The highest BCUT2D eigenvalue weighted by atomic mass is 19.4. The van der Waals surface area contributed by atoms with E-state index in [1.807, 2.05) is 6.92 Å². The normalized spacial score (nSPS) is 24.0. The molecule has 2 fully saturated rings. The molecule has 3 rings (SSSR count). The zero-order valence-electron chi connectivity index (χ0n) is 22.2. The summed E-state index contributed by atoms with van der Waals surface area (Å²) in [5.74, 6) is -0.936. The van der Waals surface area contributed by atoms with Crippen molar-refractivity contribution in [2.75, 3.05) is 20.1 Å². The Labute approximate surface area is 216 Å². The van der Waals surface area contributed by atoms with Crippen LogP contribution in [0.5, 0.6) is 0 Å². The molecule has 0 radical (unpaired) electrons. The first-order chi connectivity index (χ1) is 17.0. The van der Waals surface area contributed by atoms with Crippen LogP contribution in [-0.4, -0.2) is 59.1 Å². The molecule has 10 heteroatoms. The number of amides is 2. The summed E-state index contributed by atoms with van der Waals surface area (Å²) in [4.78, 5) is 28.2. The third kappa shape index (κ3) is 7.58. The van der Waals surface area contributed by atoms with Gasteiger partial charge in [-0.2, -0.15) is 13.2 Å². The molecule has 0 bridgehead atoms. The van der Waals surface area contributed by atoms with Crippen LogP contribution in [-0.2, 0) is 17.5 Å². The lowest BCUT2D eigenvalue weighted by molar-refractivity contribution is -0.140. The summed E-state index contributed by atoms with van der Waals surface area (Å²) in [5.41, 5.74) is -0.735. The van der Waals surface area contributed by atoms with Gasteiger partial charge in [-0.1, -0.05) is 33.8 Å². The van der Waals surface area contributed by atoms with Crippen molar-refractivity contribution in [3.63, 3.8) is 0 Å². The van der Waals surface area contributed by atoms with Crippen molar-refractivity contribution >= 4 is 12.0 Å². The van der Waals surface area contributed by atoms with E-state index >= 15 is 0 Å². The van der Waals surface area contributed by atoms with E-state index < -0.39 is 29.7 Å². The number of rotatable bonds is 8. The van der Waals surface area contributed by atoms with Gasteiger partial charge in [0.05, 0.1) is 5.56 Å². The number of fused-ring (bicyclic) bond motifs is 1. The van der Waals surface area contributed by atoms with Crippen molar-refractivity contribution in [3.8, 4) is 0 Å². The van der Waals surface area contributed by atoms with Gasteiger partial charge in [-0.05, 0) is 66.5 Å². The van der Waals surface area contributed by atoms with Crippen molar-refractivity contribution in [3.05, 3.63) is 35.1 Å². The predicted molar refractivity (Wildman–Crippen MR) is 132 cm³/mol. The lowest BCUT2D eigenvalue weighted by atomic mass is 9.82. The average Bonchev–Trinajstić information content (AvgIpc) is 3.30. The number of hydrogen-bond donors (Lipinski definition) is 2. The number of carboxylic acid groups (broad SMARTS) is 1. The fourth-order valence-corrected chi connectivity index (χ4v) is 6.17. The number of hydrogen-bond acceptors (Lipinski definition) is 3. The Balaban J connectivity index is 1.63. The molecule has 5 atom stereocenters. The van der Waals surface area contributed by atoms with Crippen molar-refractivity contribution in [2.24, 2.45) is 23.2 Å². The second kappa shape index (κ2) is 11.2. The Morgan fingerprint density at radius 3 is 2.43 bits per heavy atom. The molecule has 1 saturated carbocycles. The van der Waals surface area contributed by atoms with Crippen LogP contribution in [0.1, 0.15) is 64.5 Å². The van der Waals surface area contributed by atoms with E-state index in [9.17, 15) is 32.3 Å². The topological polar surface area (TPSA) is 72.9 Å². The van der Waals surface area contributed by atoms with Gasteiger partial charge >= 0.3 is 12.3 Å². The van der Waals surface area contributed by atoms with E-state index in [0.717, 1.165) is 42.8 Å². The number of nitrogens with zero attached hydrogens (tertiary/aromatic N) is 2. The number of benzene rings is 1. The highest BCUT2D eigenvalue weighted by Crippen LogP contribution is 2.39. The smallest absolute Gasteiger partial charge is 0.419 e. The summed E-state index contributed by atoms with van der Waals surface area (Å²) in [6.07, 6.45) is -2.90. The van der Waals surface area contributed by atoms with E-state index in [2.05, 4.69) is 31.0 Å². The van der Waals surface area contributed by atoms with Gasteiger partial charge in [0, 0.05) is 32.7 Å². The molecule has 0 aromatic heterocycles. The Morgan fingerprint density at radius 2 is 1.86 bits per heavy atom. The molecular formula is C27H39F4N3O3. The number of carbonyl (C=O) groups is 2. The Hall–Kier alpha value is -2.36. The zero-order chi connectivity index (χ0) is 27.7. The molecule has 2 amide bonds. The Kier molecular flexibility index (Phi) is 8.82. The fraction of sp³-hybridized carbons (Fsp3) is 0.704. The molecule has 1 saturated heterocycles. The van der Waals surface area contributed by atoms with Crippen LogP contribution in [0.15, 0.2) is 18.2 Å². The van der Waals surface area contributed by atoms with Crippen molar-refractivity contribution in [1.82, 2.24) is 15.1 Å². The van der Waals surface area contributed by atoms with Crippen LogP contribution in [0.2, 0.25) is 0 Å². The maximum absolute atomic E-state index is 14.0. The van der Waals surface area contributed by atoms with Gasteiger partial charge in [-0.3, -0.25) is 14.6 Å². The standard InChI is InChI=1S/C27H39F4N3O3/c1-16(12-26(2,3)4)10-23(33(5)25(36)37)24(35)32-22-9-7-18-14-34(15-19(18)22)13-17-6-8-20(21(28)11-17)27(29,30)31/h6,8,11,16,18-19,22-23H,7,9-10,12-15H2,1-5H3,(H,32,35)(H,36,37)/t16?,18-,19+,22+,23-/m0/s1. The third-order valence-electron chi connectivity index (χ3n) is 7.66. The van der Waals surface area contributed by atoms with Crippen LogP contribution in [0.3, 0.4) is 0 Å². The molecular weight excluding hydrogens is 490 g/mol. The van der Waals surface area contributed by atoms with E-state index in [1.165, 1.54) is 13.1 Å². The summed E-state index contributed by atoms with van der Waals surface area (Å²) < 4.78 is 52.6.